The summed E-state index contributed by atoms with van der Waals surface area (Å²) in [4.78, 5) is 22.9. The van der Waals surface area contributed by atoms with Crippen molar-refractivity contribution < 1.29 is 19.8 Å². The number of rotatable bonds is 1. The number of carboxylic acid groups (broad SMARTS) is 1. The van der Waals surface area contributed by atoms with Crippen LogP contribution in [0.15, 0.2) is 23.8 Å². The van der Waals surface area contributed by atoms with Gasteiger partial charge < -0.3 is 10.2 Å². The monoisotopic (exact) mass is 398 g/mol. The van der Waals surface area contributed by atoms with Crippen LogP contribution in [0.3, 0.4) is 0 Å². The Balaban J connectivity index is 1.83. The summed E-state index contributed by atoms with van der Waals surface area (Å²) in [6.07, 6.45) is 7.82. The first-order valence-corrected chi connectivity index (χ1v) is 10.0. The first-order valence-electron chi connectivity index (χ1n) is 9.24. The lowest BCUT2D eigenvalue weighted by molar-refractivity contribution is -0.179. The summed E-state index contributed by atoms with van der Waals surface area (Å²) in [7, 11) is 0. The molecular formula is C20H24Cl2O4. The van der Waals surface area contributed by atoms with E-state index in [1.165, 1.54) is 0 Å². The second-order valence-electron chi connectivity index (χ2n) is 8.92. The molecule has 6 heteroatoms. The highest BCUT2D eigenvalue weighted by molar-refractivity contribution is 6.34. The van der Waals surface area contributed by atoms with Crippen LogP contribution in [0.5, 0.6) is 0 Å². The topological polar surface area (TPSA) is 74.6 Å². The van der Waals surface area contributed by atoms with Gasteiger partial charge in [-0.1, -0.05) is 25.5 Å². The van der Waals surface area contributed by atoms with Crippen LogP contribution in [-0.2, 0) is 9.59 Å². The molecule has 0 aromatic heterocycles. The maximum absolute atomic E-state index is 11.9. The van der Waals surface area contributed by atoms with Gasteiger partial charge in [-0.25, -0.2) is 4.79 Å². The number of carbonyl (C=O) groups excluding carboxylic acids is 1. The van der Waals surface area contributed by atoms with Crippen molar-refractivity contribution >= 4 is 35.0 Å². The zero-order chi connectivity index (χ0) is 19.1. The van der Waals surface area contributed by atoms with Crippen molar-refractivity contribution in [3.05, 3.63) is 23.8 Å². The second-order valence-corrected chi connectivity index (χ2v) is 10.1. The highest BCUT2D eigenvalue weighted by Gasteiger charge is 2.73. The largest absolute Gasteiger partial charge is 0.479 e. The van der Waals surface area contributed by atoms with Crippen LogP contribution in [0, 0.1) is 22.7 Å². The van der Waals surface area contributed by atoms with Crippen LogP contribution < -0.4 is 0 Å². The third-order valence-electron chi connectivity index (χ3n) is 8.10. The van der Waals surface area contributed by atoms with Crippen molar-refractivity contribution in [1.82, 2.24) is 0 Å². The van der Waals surface area contributed by atoms with E-state index >= 15 is 0 Å². The Kier molecular flexibility index (Phi) is 3.82. The van der Waals surface area contributed by atoms with Gasteiger partial charge in [0.2, 0.25) is 0 Å². The maximum Gasteiger partial charge on any atom is 0.336 e. The van der Waals surface area contributed by atoms with Gasteiger partial charge in [0.05, 0.1) is 10.3 Å². The van der Waals surface area contributed by atoms with E-state index in [-0.39, 0.29) is 24.0 Å². The molecule has 0 aliphatic heterocycles. The second kappa shape index (κ2) is 5.36. The molecule has 4 aliphatic carbocycles. The van der Waals surface area contributed by atoms with E-state index < -0.39 is 32.7 Å². The molecule has 0 aromatic carbocycles. The zero-order valence-corrected chi connectivity index (χ0v) is 16.5. The van der Waals surface area contributed by atoms with Gasteiger partial charge in [0.25, 0.3) is 0 Å². The fourth-order valence-corrected chi connectivity index (χ4v) is 7.73. The summed E-state index contributed by atoms with van der Waals surface area (Å²) in [6, 6.07) is 0. The molecule has 26 heavy (non-hydrogen) atoms. The molecular weight excluding hydrogens is 375 g/mol. The van der Waals surface area contributed by atoms with Crippen LogP contribution in [-0.4, -0.2) is 37.8 Å². The predicted molar refractivity (Wildman–Crippen MR) is 99.3 cm³/mol. The van der Waals surface area contributed by atoms with Crippen molar-refractivity contribution in [2.45, 2.75) is 61.8 Å². The van der Waals surface area contributed by atoms with E-state index in [0.717, 1.165) is 18.4 Å². The zero-order valence-electron chi connectivity index (χ0n) is 15.0. The maximum atomic E-state index is 11.9. The molecule has 0 amide bonds. The van der Waals surface area contributed by atoms with Gasteiger partial charge in [-0.2, -0.15) is 0 Å². The lowest BCUT2D eigenvalue weighted by Gasteiger charge is -2.63. The van der Waals surface area contributed by atoms with Gasteiger partial charge in [-0.3, -0.25) is 4.79 Å². The summed E-state index contributed by atoms with van der Waals surface area (Å²) < 4.78 is 0. The molecule has 4 aliphatic rings. The van der Waals surface area contributed by atoms with Crippen molar-refractivity contribution in [3.63, 3.8) is 0 Å². The fourth-order valence-electron chi connectivity index (χ4n) is 6.50. The van der Waals surface area contributed by atoms with Crippen LogP contribution in [0.1, 0.15) is 46.0 Å². The average Bonchev–Trinajstić information content (AvgIpc) is 2.83. The van der Waals surface area contributed by atoms with Crippen molar-refractivity contribution in [2.24, 2.45) is 22.7 Å². The van der Waals surface area contributed by atoms with Gasteiger partial charge in [0, 0.05) is 10.8 Å². The number of aliphatic hydroxyl groups is 1. The number of aliphatic carboxylic acids is 1. The van der Waals surface area contributed by atoms with Gasteiger partial charge in [0.1, 0.15) is 0 Å². The summed E-state index contributed by atoms with van der Waals surface area (Å²) in [6.45, 7) is 3.90. The van der Waals surface area contributed by atoms with E-state index in [0.29, 0.717) is 12.8 Å². The molecule has 3 saturated carbocycles. The molecule has 0 spiro atoms. The van der Waals surface area contributed by atoms with Gasteiger partial charge in [-0.15, -0.1) is 23.2 Å². The molecule has 0 heterocycles. The fraction of sp³-hybridized carbons (Fsp3) is 0.700. The number of allylic oxidation sites excluding steroid dienone is 4. The Morgan fingerprint density at radius 3 is 2.62 bits per heavy atom. The van der Waals surface area contributed by atoms with E-state index in [2.05, 4.69) is 0 Å². The van der Waals surface area contributed by atoms with E-state index in [9.17, 15) is 19.8 Å². The third-order valence-corrected chi connectivity index (χ3v) is 9.65. The summed E-state index contributed by atoms with van der Waals surface area (Å²) in [5.74, 6) is -1.22. The number of hydrogen-bond donors (Lipinski definition) is 2. The van der Waals surface area contributed by atoms with Crippen LogP contribution in [0.2, 0.25) is 0 Å². The van der Waals surface area contributed by atoms with Crippen molar-refractivity contribution in [1.29, 1.82) is 0 Å². The van der Waals surface area contributed by atoms with E-state index in [4.69, 9.17) is 23.2 Å². The number of halogens is 2. The lowest BCUT2D eigenvalue weighted by Crippen LogP contribution is -2.67. The molecule has 0 saturated heterocycles. The van der Waals surface area contributed by atoms with Crippen LogP contribution >= 0.6 is 23.2 Å². The lowest BCUT2D eigenvalue weighted by atomic mass is 9.46. The highest BCUT2D eigenvalue weighted by atomic mass is 35.5. The Morgan fingerprint density at radius 1 is 1.27 bits per heavy atom. The minimum Gasteiger partial charge on any atom is -0.479 e. The first-order chi connectivity index (χ1) is 12.0. The van der Waals surface area contributed by atoms with Crippen molar-refractivity contribution in [2.75, 3.05) is 0 Å². The number of carbonyl (C=O) groups is 2. The number of ketones is 1. The predicted octanol–water partition coefficient (Wildman–Crippen LogP) is 3.69. The molecule has 3 fully saturated rings. The molecule has 2 N–H and O–H groups in total. The normalized spacial score (nSPS) is 52.7. The van der Waals surface area contributed by atoms with Crippen LogP contribution in [0.4, 0.5) is 0 Å². The van der Waals surface area contributed by atoms with Crippen molar-refractivity contribution in [3.8, 4) is 0 Å². The SMILES string of the molecule is C[C@]12C=CC(=O)C=C1CC[C@H]1[C@@H]3CC[C@](O)(C(=O)O)[C@@]3(C)C[C@H](Cl)[C@@]12Cl. The number of hydrogen-bond acceptors (Lipinski definition) is 3. The summed E-state index contributed by atoms with van der Waals surface area (Å²) >= 11 is 14.2. The molecule has 0 aromatic rings. The molecule has 0 unspecified atom stereocenters. The van der Waals surface area contributed by atoms with Gasteiger partial charge in [0.15, 0.2) is 11.4 Å². The van der Waals surface area contributed by atoms with Gasteiger partial charge in [-0.05, 0) is 56.1 Å². The number of alkyl halides is 2. The molecule has 4 rings (SSSR count). The van der Waals surface area contributed by atoms with E-state index in [1.807, 2.05) is 19.9 Å². The third kappa shape index (κ3) is 1.91. The highest BCUT2D eigenvalue weighted by Crippen LogP contribution is 2.71. The Bertz CT molecular complexity index is 761. The molecule has 0 bridgehead atoms. The minimum atomic E-state index is -1.77. The quantitative estimate of drug-likeness (QED) is 0.660. The first kappa shape index (κ1) is 18.5. The Labute approximate surface area is 163 Å². The van der Waals surface area contributed by atoms with Gasteiger partial charge >= 0.3 is 5.97 Å². The summed E-state index contributed by atoms with van der Waals surface area (Å²) in [5, 5.41) is 20.2. The Hall–Kier alpha value is -0.840. The Morgan fingerprint density at radius 2 is 1.96 bits per heavy atom. The smallest absolute Gasteiger partial charge is 0.336 e. The number of carboxylic acids is 1. The molecule has 142 valence electrons. The standard InChI is InChI=1S/C20H24Cl2O4/c1-17-7-5-12(23)9-11(17)3-4-14-13-6-8-19(26,16(24)25)18(13,2)10-15(21)20(14,17)22/h5,7,9,13-15,26H,3-4,6,8,10H2,1-2H3,(H,24,25)/t13-,14-,15-,17-,18-,19-,20-/m0/s1. The average molecular weight is 399 g/mol. The van der Waals surface area contributed by atoms with E-state index in [1.54, 1.807) is 12.2 Å². The molecule has 0 radical (unpaired) electrons. The number of fused-ring (bicyclic) bond motifs is 5. The molecule has 4 nitrogen and oxygen atoms in total. The summed E-state index contributed by atoms with van der Waals surface area (Å²) in [5.41, 5.74) is -2.10. The molecule has 7 atom stereocenters. The van der Waals surface area contributed by atoms with Crippen LogP contribution in [0.25, 0.3) is 0 Å². The minimum absolute atomic E-state index is 0.0134.